The molecule has 0 radical (unpaired) electrons. The zero-order chi connectivity index (χ0) is 13.5. The largest absolute Gasteiger partial charge is 0.495 e. The Bertz CT molecular complexity index is 559. The maximum Gasteiger partial charge on any atom is 0.137 e. The van der Waals surface area contributed by atoms with Crippen LogP contribution in [0, 0.1) is 11.3 Å². The molecule has 0 amide bonds. The van der Waals surface area contributed by atoms with Gasteiger partial charge in [-0.25, -0.2) is 4.98 Å². The highest BCUT2D eigenvalue weighted by atomic mass is 16.5. The van der Waals surface area contributed by atoms with Crippen molar-refractivity contribution in [2.24, 2.45) is 0 Å². The van der Waals surface area contributed by atoms with Crippen molar-refractivity contribution in [2.75, 3.05) is 13.7 Å². The minimum absolute atomic E-state index is 0.553. The van der Waals surface area contributed by atoms with Crippen LogP contribution in [0.25, 0.3) is 0 Å². The van der Waals surface area contributed by atoms with Crippen molar-refractivity contribution in [2.45, 2.75) is 13.0 Å². The zero-order valence-corrected chi connectivity index (χ0v) is 10.7. The third-order valence-corrected chi connectivity index (χ3v) is 2.72. The van der Waals surface area contributed by atoms with E-state index in [0.29, 0.717) is 17.9 Å². The number of benzene rings is 1. The summed E-state index contributed by atoms with van der Waals surface area (Å²) in [5.41, 5.74) is 1.60. The van der Waals surface area contributed by atoms with Crippen LogP contribution in [0.15, 0.2) is 24.5 Å². The summed E-state index contributed by atoms with van der Waals surface area (Å²) in [6, 6.07) is 7.71. The van der Waals surface area contributed by atoms with E-state index in [1.807, 2.05) is 18.2 Å². The highest BCUT2D eigenvalue weighted by Gasteiger charge is 2.03. The fourth-order valence-corrected chi connectivity index (χ4v) is 1.74. The summed E-state index contributed by atoms with van der Waals surface area (Å²) < 4.78 is 5.10. The van der Waals surface area contributed by atoms with Crippen LogP contribution in [0.3, 0.4) is 0 Å². The van der Waals surface area contributed by atoms with Gasteiger partial charge < -0.3 is 10.1 Å². The van der Waals surface area contributed by atoms with Crippen molar-refractivity contribution < 1.29 is 4.74 Å². The molecule has 6 heteroatoms. The number of rotatable bonds is 6. The average Bonchev–Trinajstić information content (AvgIpc) is 2.96. The SMILES string of the molecule is COc1ccc(CNCCc2ncn[nH]2)cc1C#N. The number of H-pyrrole nitrogens is 1. The predicted molar refractivity (Wildman–Crippen MR) is 69.5 cm³/mol. The van der Waals surface area contributed by atoms with Crippen LogP contribution in [0.1, 0.15) is 17.0 Å². The molecule has 0 aliphatic carbocycles. The maximum atomic E-state index is 9.00. The van der Waals surface area contributed by atoms with E-state index in [2.05, 4.69) is 26.6 Å². The summed E-state index contributed by atoms with van der Waals surface area (Å²) in [5.74, 6) is 1.47. The molecule has 0 aliphatic rings. The number of aromatic amines is 1. The number of methoxy groups -OCH3 is 1. The van der Waals surface area contributed by atoms with E-state index < -0.39 is 0 Å². The van der Waals surface area contributed by atoms with Gasteiger partial charge in [0, 0.05) is 19.5 Å². The molecule has 98 valence electrons. The number of hydrogen-bond acceptors (Lipinski definition) is 5. The Labute approximate surface area is 111 Å². The molecule has 2 aromatic rings. The zero-order valence-electron chi connectivity index (χ0n) is 10.7. The van der Waals surface area contributed by atoms with Gasteiger partial charge in [-0.2, -0.15) is 10.4 Å². The summed E-state index contributed by atoms with van der Waals surface area (Å²) in [7, 11) is 1.56. The standard InChI is InChI=1S/C13H15N5O/c1-19-12-3-2-10(6-11(12)7-14)8-15-5-4-13-16-9-17-18-13/h2-3,6,9,15H,4-5,8H2,1H3,(H,16,17,18). The molecule has 1 aromatic carbocycles. The van der Waals surface area contributed by atoms with Crippen molar-refractivity contribution in [1.82, 2.24) is 20.5 Å². The highest BCUT2D eigenvalue weighted by Crippen LogP contribution is 2.18. The Balaban J connectivity index is 1.84. The molecule has 0 atom stereocenters. The molecule has 19 heavy (non-hydrogen) atoms. The van der Waals surface area contributed by atoms with Gasteiger partial charge in [-0.15, -0.1) is 0 Å². The molecule has 0 spiro atoms. The number of aromatic nitrogens is 3. The summed E-state index contributed by atoms with van der Waals surface area (Å²) >= 11 is 0. The van der Waals surface area contributed by atoms with Crippen LogP contribution >= 0.6 is 0 Å². The van der Waals surface area contributed by atoms with Gasteiger partial charge in [-0.1, -0.05) is 6.07 Å². The average molecular weight is 257 g/mol. The van der Waals surface area contributed by atoms with Crippen LogP contribution in [-0.4, -0.2) is 28.8 Å². The maximum absolute atomic E-state index is 9.00. The monoisotopic (exact) mass is 257 g/mol. The van der Waals surface area contributed by atoms with E-state index in [1.165, 1.54) is 6.33 Å². The topological polar surface area (TPSA) is 86.6 Å². The molecule has 0 bridgehead atoms. The molecule has 1 aromatic heterocycles. The molecule has 1 heterocycles. The van der Waals surface area contributed by atoms with Gasteiger partial charge in [-0.05, 0) is 17.7 Å². The van der Waals surface area contributed by atoms with Gasteiger partial charge in [0.05, 0.1) is 12.7 Å². The van der Waals surface area contributed by atoms with Gasteiger partial charge in [0.15, 0.2) is 0 Å². The highest BCUT2D eigenvalue weighted by molar-refractivity contribution is 5.45. The Kier molecular flexibility index (Phi) is 4.48. The molecule has 2 N–H and O–H groups in total. The Morgan fingerprint density at radius 3 is 3.05 bits per heavy atom. The molecule has 6 nitrogen and oxygen atoms in total. The fourth-order valence-electron chi connectivity index (χ4n) is 1.74. The first-order chi connectivity index (χ1) is 9.33. The first-order valence-electron chi connectivity index (χ1n) is 5.95. The van der Waals surface area contributed by atoms with Crippen LogP contribution in [0.5, 0.6) is 5.75 Å². The molecule has 0 unspecified atom stereocenters. The number of hydrogen-bond donors (Lipinski definition) is 2. The summed E-state index contributed by atoms with van der Waals surface area (Å²) in [5, 5.41) is 18.9. The molecular weight excluding hydrogens is 242 g/mol. The quantitative estimate of drug-likeness (QED) is 0.754. The Morgan fingerprint density at radius 2 is 2.37 bits per heavy atom. The number of nitriles is 1. The van der Waals surface area contributed by atoms with Crippen molar-refractivity contribution in [3.63, 3.8) is 0 Å². The van der Waals surface area contributed by atoms with Crippen LogP contribution < -0.4 is 10.1 Å². The Morgan fingerprint density at radius 1 is 1.47 bits per heavy atom. The molecule has 0 fully saturated rings. The lowest BCUT2D eigenvalue weighted by atomic mass is 10.1. The van der Waals surface area contributed by atoms with E-state index in [-0.39, 0.29) is 0 Å². The molecule has 0 saturated carbocycles. The van der Waals surface area contributed by atoms with E-state index in [0.717, 1.165) is 24.4 Å². The van der Waals surface area contributed by atoms with Crippen molar-refractivity contribution in [3.8, 4) is 11.8 Å². The van der Waals surface area contributed by atoms with Gasteiger partial charge in [0.25, 0.3) is 0 Å². The normalized spacial score (nSPS) is 10.1. The first kappa shape index (κ1) is 13.1. The van der Waals surface area contributed by atoms with Crippen LogP contribution in [0.2, 0.25) is 0 Å². The second kappa shape index (κ2) is 6.52. The second-order valence-electron chi connectivity index (χ2n) is 4.01. The first-order valence-corrected chi connectivity index (χ1v) is 5.95. The van der Waals surface area contributed by atoms with E-state index in [9.17, 15) is 0 Å². The lowest BCUT2D eigenvalue weighted by Gasteiger charge is -2.07. The molecule has 0 aliphatic heterocycles. The molecule has 2 rings (SSSR count). The lowest BCUT2D eigenvalue weighted by Crippen LogP contribution is -2.17. The van der Waals surface area contributed by atoms with Crippen molar-refractivity contribution in [3.05, 3.63) is 41.5 Å². The van der Waals surface area contributed by atoms with E-state index in [4.69, 9.17) is 10.00 Å². The van der Waals surface area contributed by atoms with Crippen molar-refractivity contribution in [1.29, 1.82) is 5.26 Å². The summed E-state index contributed by atoms with van der Waals surface area (Å²) in [6.07, 6.45) is 2.29. The summed E-state index contributed by atoms with van der Waals surface area (Å²) in [4.78, 5) is 4.04. The minimum Gasteiger partial charge on any atom is -0.495 e. The Hall–Kier alpha value is -2.39. The van der Waals surface area contributed by atoms with Gasteiger partial charge in [0.1, 0.15) is 24.0 Å². The summed E-state index contributed by atoms with van der Waals surface area (Å²) in [6.45, 7) is 1.50. The van der Waals surface area contributed by atoms with Crippen LogP contribution in [0.4, 0.5) is 0 Å². The third-order valence-electron chi connectivity index (χ3n) is 2.72. The minimum atomic E-state index is 0.553. The van der Waals surface area contributed by atoms with E-state index in [1.54, 1.807) is 7.11 Å². The van der Waals surface area contributed by atoms with Gasteiger partial charge in [0.2, 0.25) is 0 Å². The van der Waals surface area contributed by atoms with Gasteiger partial charge in [-0.3, -0.25) is 5.10 Å². The van der Waals surface area contributed by atoms with Crippen molar-refractivity contribution >= 4 is 0 Å². The van der Waals surface area contributed by atoms with E-state index >= 15 is 0 Å². The molecular formula is C13H15N5O. The fraction of sp³-hybridized carbons (Fsp3) is 0.308. The van der Waals surface area contributed by atoms with Crippen LogP contribution in [-0.2, 0) is 13.0 Å². The predicted octanol–water partition coefficient (Wildman–Crippen LogP) is 1.02. The number of nitrogens with zero attached hydrogens (tertiary/aromatic N) is 3. The molecule has 0 saturated heterocycles. The smallest absolute Gasteiger partial charge is 0.137 e. The second-order valence-corrected chi connectivity index (χ2v) is 4.01. The lowest BCUT2D eigenvalue weighted by molar-refractivity contribution is 0.413. The van der Waals surface area contributed by atoms with Gasteiger partial charge >= 0.3 is 0 Å². The number of ether oxygens (including phenoxy) is 1. The number of nitrogens with one attached hydrogen (secondary N) is 2. The third kappa shape index (κ3) is 3.53.